The standard InChI is InChI=1S/C22H23Cl2N5O5S/c1-10-15(23)16(24)18(26-10)20(30)27-12-5-7-29(9-14(12)34-3)22-28-17(19(35-22)21(31)32)13-8-11(33-2)4-6-25-13/h4,6,8,12,14,26H,5,7,9H2,1-3H3,(H,27,30)(H,31,32)/t12-,14+/m1/s1. The lowest BCUT2D eigenvalue weighted by molar-refractivity contribution is 0.0540. The topological polar surface area (TPSA) is 130 Å². The Kier molecular flexibility index (Phi) is 7.50. The van der Waals surface area contributed by atoms with Crippen LogP contribution in [0.1, 0.15) is 32.3 Å². The van der Waals surface area contributed by atoms with E-state index >= 15 is 0 Å². The van der Waals surface area contributed by atoms with Crippen LogP contribution in [0.5, 0.6) is 5.75 Å². The predicted molar refractivity (Wildman–Crippen MR) is 133 cm³/mol. The van der Waals surface area contributed by atoms with E-state index in [9.17, 15) is 14.7 Å². The number of halogens is 2. The molecular weight excluding hydrogens is 517 g/mol. The van der Waals surface area contributed by atoms with Gasteiger partial charge in [0, 0.05) is 38.2 Å². The van der Waals surface area contributed by atoms with E-state index < -0.39 is 5.97 Å². The SMILES string of the molecule is COc1ccnc(-c2nc(N3CC[C@@H](NC(=O)c4[nH]c(C)c(Cl)c4Cl)[C@@H](OC)C3)sc2C(=O)O)c1. The Hall–Kier alpha value is -2.86. The van der Waals surface area contributed by atoms with Crippen molar-refractivity contribution in [3.8, 4) is 17.1 Å². The summed E-state index contributed by atoms with van der Waals surface area (Å²) < 4.78 is 10.9. The fraction of sp³-hybridized carbons (Fsp3) is 0.364. The number of carbonyl (C=O) groups excluding carboxylic acids is 1. The van der Waals surface area contributed by atoms with Crippen molar-refractivity contribution in [1.82, 2.24) is 20.3 Å². The normalized spacial score (nSPS) is 17.9. The van der Waals surface area contributed by atoms with E-state index in [4.69, 9.17) is 32.7 Å². The molecular formula is C22H23Cl2N5O5S. The monoisotopic (exact) mass is 539 g/mol. The average Bonchev–Trinajstić information content (AvgIpc) is 3.42. The largest absolute Gasteiger partial charge is 0.497 e. The molecule has 0 saturated carbocycles. The average molecular weight is 540 g/mol. The predicted octanol–water partition coefficient (Wildman–Crippen LogP) is 3.88. The molecule has 3 N–H and O–H groups in total. The lowest BCUT2D eigenvalue weighted by atomic mass is 10.0. The fourth-order valence-electron chi connectivity index (χ4n) is 3.89. The van der Waals surface area contributed by atoms with Crippen LogP contribution in [-0.4, -0.2) is 71.4 Å². The molecule has 0 bridgehead atoms. The van der Waals surface area contributed by atoms with Gasteiger partial charge >= 0.3 is 5.97 Å². The minimum Gasteiger partial charge on any atom is -0.497 e. The summed E-state index contributed by atoms with van der Waals surface area (Å²) in [6, 6.07) is 3.03. The Labute approximate surface area is 215 Å². The van der Waals surface area contributed by atoms with Crippen LogP contribution in [0.25, 0.3) is 11.4 Å². The number of anilines is 1. The maximum atomic E-state index is 12.8. The van der Waals surface area contributed by atoms with Crippen LogP contribution < -0.4 is 15.0 Å². The van der Waals surface area contributed by atoms with Gasteiger partial charge in [0.2, 0.25) is 0 Å². The number of carbonyl (C=O) groups is 2. The van der Waals surface area contributed by atoms with Gasteiger partial charge in [-0.25, -0.2) is 9.78 Å². The number of carboxylic acids is 1. The number of pyridine rings is 1. The van der Waals surface area contributed by atoms with E-state index in [1.165, 1.54) is 7.11 Å². The van der Waals surface area contributed by atoms with Gasteiger partial charge in [0.05, 0.1) is 35.0 Å². The Bertz CT molecular complexity index is 1260. The molecule has 1 aliphatic rings. The second kappa shape index (κ2) is 10.4. The van der Waals surface area contributed by atoms with Gasteiger partial charge in [0.25, 0.3) is 5.91 Å². The minimum absolute atomic E-state index is 0.0822. The zero-order valence-corrected chi connectivity index (χ0v) is 21.4. The molecule has 4 heterocycles. The number of rotatable bonds is 7. The molecule has 3 aromatic heterocycles. The third-order valence-corrected chi connectivity index (χ3v) is 7.80. The summed E-state index contributed by atoms with van der Waals surface area (Å²) in [4.78, 5) is 38.5. The molecule has 35 heavy (non-hydrogen) atoms. The number of ether oxygens (including phenoxy) is 2. The molecule has 0 aliphatic carbocycles. The molecule has 2 atom stereocenters. The first-order chi connectivity index (χ1) is 16.7. The zero-order chi connectivity index (χ0) is 25.3. The van der Waals surface area contributed by atoms with Crippen molar-refractivity contribution in [2.75, 3.05) is 32.2 Å². The molecule has 186 valence electrons. The third kappa shape index (κ3) is 5.08. The molecule has 0 spiro atoms. The summed E-state index contributed by atoms with van der Waals surface area (Å²) >= 11 is 13.3. The molecule has 1 saturated heterocycles. The smallest absolute Gasteiger partial charge is 0.348 e. The van der Waals surface area contributed by atoms with Gasteiger partial charge < -0.3 is 29.8 Å². The number of nitrogens with zero attached hydrogens (tertiary/aromatic N) is 3. The van der Waals surface area contributed by atoms with E-state index in [-0.39, 0.29) is 39.3 Å². The van der Waals surface area contributed by atoms with Crippen LogP contribution in [0.15, 0.2) is 18.3 Å². The number of hydrogen-bond donors (Lipinski definition) is 3. The summed E-state index contributed by atoms with van der Waals surface area (Å²) in [5.41, 5.74) is 1.49. The molecule has 1 fully saturated rings. The summed E-state index contributed by atoms with van der Waals surface area (Å²) in [6.07, 6.45) is 1.72. The molecule has 10 nitrogen and oxygen atoms in total. The Morgan fingerprint density at radius 2 is 2.09 bits per heavy atom. The maximum absolute atomic E-state index is 12.8. The second-order valence-corrected chi connectivity index (χ2v) is 9.64. The number of aryl methyl sites for hydroxylation is 1. The van der Waals surface area contributed by atoms with Gasteiger partial charge in [-0.3, -0.25) is 9.78 Å². The number of aromatic amines is 1. The second-order valence-electron chi connectivity index (χ2n) is 7.90. The van der Waals surface area contributed by atoms with E-state index in [2.05, 4.69) is 20.3 Å². The van der Waals surface area contributed by atoms with Gasteiger partial charge in [-0.15, -0.1) is 0 Å². The zero-order valence-electron chi connectivity index (χ0n) is 19.1. The third-order valence-electron chi connectivity index (χ3n) is 5.75. The summed E-state index contributed by atoms with van der Waals surface area (Å²) in [6.45, 7) is 2.66. The number of thiazole rings is 1. The van der Waals surface area contributed by atoms with E-state index in [1.54, 1.807) is 32.4 Å². The lowest BCUT2D eigenvalue weighted by Crippen LogP contribution is -2.55. The molecule has 1 aliphatic heterocycles. The molecule has 0 unspecified atom stereocenters. The number of methoxy groups -OCH3 is 2. The molecule has 1 amide bonds. The number of hydrogen-bond acceptors (Lipinski definition) is 8. The molecule has 13 heteroatoms. The number of amides is 1. The number of nitrogens with one attached hydrogen (secondary N) is 2. The van der Waals surface area contributed by atoms with Crippen molar-refractivity contribution >= 4 is 51.5 Å². The first kappa shape index (κ1) is 25.2. The van der Waals surface area contributed by atoms with E-state index in [0.717, 1.165) is 11.3 Å². The van der Waals surface area contributed by atoms with Crippen LogP contribution in [0.4, 0.5) is 5.13 Å². The number of carboxylic acid groups (broad SMARTS) is 1. The molecule has 4 rings (SSSR count). The van der Waals surface area contributed by atoms with Gasteiger partial charge in [-0.2, -0.15) is 0 Å². The van der Waals surface area contributed by atoms with Crippen molar-refractivity contribution in [1.29, 1.82) is 0 Å². The van der Waals surface area contributed by atoms with Crippen molar-refractivity contribution in [2.24, 2.45) is 0 Å². The Balaban J connectivity index is 1.53. The highest BCUT2D eigenvalue weighted by Crippen LogP contribution is 2.35. The Morgan fingerprint density at radius 3 is 2.71 bits per heavy atom. The van der Waals surface area contributed by atoms with Crippen molar-refractivity contribution in [3.05, 3.63) is 44.6 Å². The first-order valence-electron chi connectivity index (χ1n) is 10.6. The van der Waals surface area contributed by atoms with Gasteiger partial charge in [0.15, 0.2) is 5.13 Å². The minimum atomic E-state index is -1.09. The van der Waals surface area contributed by atoms with Crippen LogP contribution in [0.3, 0.4) is 0 Å². The highest BCUT2D eigenvalue weighted by molar-refractivity contribution is 7.17. The van der Waals surface area contributed by atoms with Crippen molar-refractivity contribution < 1.29 is 24.2 Å². The van der Waals surface area contributed by atoms with Crippen molar-refractivity contribution in [3.63, 3.8) is 0 Å². The Morgan fingerprint density at radius 1 is 1.31 bits per heavy atom. The van der Waals surface area contributed by atoms with Crippen LogP contribution >= 0.6 is 34.5 Å². The molecule has 3 aromatic rings. The highest BCUT2D eigenvalue weighted by atomic mass is 35.5. The number of H-pyrrole nitrogens is 1. The highest BCUT2D eigenvalue weighted by Gasteiger charge is 2.34. The van der Waals surface area contributed by atoms with Crippen LogP contribution in [0, 0.1) is 6.92 Å². The summed E-state index contributed by atoms with van der Waals surface area (Å²) in [5, 5.41) is 13.7. The van der Waals surface area contributed by atoms with Crippen molar-refractivity contribution in [2.45, 2.75) is 25.5 Å². The van der Waals surface area contributed by atoms with E-state index in [0.29, 0.717) is 46.8 Å². The fourth-order valence-corrected chi connectivity index (χ4v) is 5.26. The van der Waals surface area contributed by atoms with Gasteiger partial charge in [0.1, 0.15) is 22.0 Å². The quantitative estimate of drug-likeness (QED) is 0.412. The number of piperidine rings is 1. The van der Waals surface area contributed by atoms with Crippen LogP contribution in [0.2, 0.25) is 10.0 Å². The van der Waals surface area contributed by atoms with Gasteiger partial charge in [-0.1, -0.05) is 34.5 Å². The van der Waals surface area contributed by atoms with E-state index in [1.807, 2.05) is 4.90 Å². The number of aromatic nitrogens is 3. The molecule has 0 radical (unpaired) electrons. The summed E-state index contributed by atoms with van der Waals surface area (Å²) in [5.74, 6) is -0.912. The molecule has 0 aromatic carbocycles. The number of aromatic carboxylic acids is 1. The van der Waals surface area contributed by atoms with Gasteiger partial charge in [-0.05, 0) is 19.4 Å². The first-order valence-corrected chi connectivity index (χ1v) is 12.2. The lowest BCUT2D eigenvalue weighted by Gasteiger charge is -2.37. The maximum Gasteiger partial charge on any atom is 0.348 e. The van der Waals surface area contributed by atoms with Crippen LogP contribution in [-0.2, 0) is 4.74 Å². The summed E-state index contributed by atoms with van der Waals surface area (Å²) in [7, 11) is 3.09.